The summed E-state index contributed by atoms with van der Waals surface area (Å²) in [5.41, 5.74) is 2.08. The Labute approximate surface area is 113 Å². The van der Waals surface area contributed by atoms with Crippen molar-refractivity contribution in [3.63, 3.8) is 0 Å². The number of nitrogens with zero attached hydrogens (tertiary/aromatic N) is 4. The monoisotopic (exact) mass is 262 g/mol. The summed E-state index contributed by atoms with van der Waals surface area (Å²) < 4.78 is 4.61. The first-order valence-electron chi connectivity index (χ1n) is 6.10. The molecule has 0 amide bonds. The van der Waals surface area contributed by atoms with Crippen molar-refractivity contribution in [1.29, 1.82) is 5.26 Å². The molecule has 0 spiro atoms. The van der Waals surface area contributed by atoms with Crippen molar-refractivity contribution < 1.29 is 9.53 Å². The van der Waals surface area contributed by atoms with Gasteiger partial charge in [-0.15, -0.1) is 5.10 Å². The Balaban J connectivity index is 3.02. The highest BCUT2D eigenvalue weighted by Crippen LogP contribution is 2.21. The van der Waals surface area contributed by atoms with E-state index in [2.05, 4.69) is 21.0 Å². The van der Waals surface area contributed by atoms with E-state index in [9.17, 15) is 10.1 Å². The number of esters is 1. The second-order valence-electron chi connectivity index (χ2n) is 4.13. The lowest BCUT2D eigenvalue weighted by molar-refractivity contribution is -0.140. The normalized spacial score (nSPS) is 9.84. The lowest BCUT2D eigenvalue weighted by Crippen LogP contribution is -2.28. The summed E-state index contributed by atoms with van der Waals surface area (Å²) in [4.78, 5) is 13.0. The first-order chi connectivity index (χ1) is 9.04. The smallest absolute Gasteiger partial charge is 0.307 e. The van der Waals surface area contributed by atoms with Gasteiger partial charge < -0.3 is 9.64 Å². The predicted octanol–water partition coefficient (Wildman–Crippen LogP) is 1.35. The standard InChI is InChI=1S/C13H18N4O2/c1-5-17(7-6-12(18)19-4)13-11(8-14)9(2)10(3)15-16-13/h5-7H2,1-4H3. The molecule has 0 fully saturated rings. The predicted molar refractivity (Wildman–Crippen MR) is 70.7 cm³/mol. The van der Waals surface area contributed by atoms with Crippen molar-refractivity contribution in [2.45, 2.75) is 27.2 Å². The van der Waals surface area contributed by atoms with Crippen LogP contribution in [-0.2, 0) is 9.53 Å². The van der Waals surface area contributed by atoms with Crippen LogP contribution in [0.1, 0.15) is 30.2 Å². The van der Waals surface area contributed by atoms with Crippen molar-refractivity contribution in [2.75, 3.05) is 25.1 Å². The fourth-order valence-electron chi connectivity index (χ4n) is 1.69. The molecule has 19 heavy (non-hydrogen) atoms. The molecule has 0 saturated carbocycles. The van der Waals surface area contributed by atoms with Crippen LogP contribution < -0.4 is 4.90 Å². The van der Waals surface area contributed by atoms with Gasteiger partial charge in [-0.1, -0.05) is 0 Å². The van der Waals surface area contributed by atoms with Gasteiger partial charge in [-0.2, -0.15) is 10.4 Å². The van der Waals surface area contributed by atoms with Gasteiger partial charge in [-0.05, 0) is 26.3 Å². The average molecular weight is 262 g/mol. The molecule has 1 heterocycles. The number of hydrogen-bond donors (Lipinski definition) is 0. The van der Waals surface area contributed by atoms with E-state index in [0.29, 0.717) is 24.5 Å². The summed E-state index contributed by atoms with van der Waals surface area (Å²) in [6, 6.07) is 2.16. The number of nitriles is 1. The molecular weight excluding hydrogens is 244 g/mol. The first-order valence-corrected chi connectivity index (χ1v) is 6.10. The molecule has 102 valence electrons. The quantitative estimate of drug-likeness (QED) is 0.745. The molecule has 1 aromatic rings. The minimum atomic E-state index is -0.284. The highest BCUT2D eigenvalue weighted by atomic mass is 16.5. The number of methoxy groups -OCH3 is 1. The second-order valence-corrected chi connectivity index (χ2v) is 4.13. The van der Waals surface area contributed by atoms with Crippen LogP contribution in [0.3, 0.4) is 0 Å². The number of ether oxygens (including phenoxy) is 1. The van der Waals surface area contributed by atoms with Crippen LogP contribution in [0.5, 0.6) is 0 Å². The molecule has 0 aromatic carbocycles. The summed E-state index contributed by atoms with van der Waals surface area (Å²) in [6.45, 7) is 6.70. The number of aryl methyl sites for hydroxylation is 1. The Morgan fingerprint density at radius 1 is 1.42 bits per heavy atom. The third-order valence-electron chi connectivity index (χ3n) is 3.04. The molecule has 0 radical (unpaired) electrons. The van der Waals surface area contributed by atoms with E-state index in [4.69, 9.17) is 0 Å². The van der Waals surface area contributed by atoms with Gasteiger partial charge in [0, 0.05) is 13.1 Å². The molecule has 1 aromatic heterocycles. The maximum atomic E-state index is 11.2. The molecule has 6 nitrogen and oxygen atoms in total. The lowest BCUT2D eigenvalue weighted by atomic mass is 10.1. The summed E-state index contributed by atoms with van der Waals surface area (Å²) >= 11 is 0. The van der Waals surface area contributed by atoms with Crippen molar-refractivity contribution in [2.24, 2.45) is 0 Å². The number of carbonyl (C=O) groups is 1. The van der Waals surface area contributed by atoms with Crippen LogP contribution >= 0.6 is 0 Å². The number of anilines is 1. The van der Waals surface area contributed by atoms with Gasteiger partial charge in [0.15, 0.2) is 5.82 Å². The third-order valence-corrected chi connectivity index (χ3v) is 3.04. The van der Waals surface area contributed by atoms with Crippen LogP contribution in [0.15, 0.2) is 0 Å². The van der Waals surface area contributed by atoms with Crippen LogP contribution in [0.2, 0.25) is 0 Å². The zero-order valence-corrected chi connectivity index (χ0v) is 11.7. The highest BCUT2D eigenvalue weighted by molar-refractivity contribution is 5.70. The molecule has 0 aliphatic rings. The van der Waals surface area contributed by atoms with Crippen LogP contribution in [0, 0.1) is 25.2 Å². The highest BCUT2D eigenvalue weighted by Gasteiger charge is 2.17. The van der Waals surface area contributed by atoms with Crippen molar-refractivity contribution >= 4 is 11.8 Å². The fourth-order valence-corrected chi connectivity index (χ4v) is 1.69. The molecule has 0 saturated heterocycles. The fraction of sp³-hybridized carbons (Fsp3) is 0.538. The van der Waals surface area contributed by atoms with E-state index in [1.165, 1.54) is 7.11 Å². The molecule has 0 atom stereocenters. The molecular formula is C13H18N4O2. The first kappa shape index (κ1) is 14.9. The zero-order chi connectivity index (χ0) is 14.4. The molecule has 0 unspecified atom stereocenters. The van der Waals surface area contributed by atoms with Crippen molar-refractivity contribution in [3.05, 3.63) is 16.8 Å². The molecule has 0 aliphatic carbocycles. The van der Waals surface area contributed by atoms with Crippen molar-refractivity contribution in [1.82, 2.24) is 10.2 Å². The minimum Gasteiger partial charge on any atom is -0.469 e. The number of aromatic nitrogens is 2. The van der Waals surface area contributed by atoms with Crippen LogP contribution in [-0.4, -0.2) is 36.4 Å². The molecule has 6 heteroatoms. The van der Waals surface area contributed by atoms with E-state index in [1.54, 1.807) is 0 Å². The maximum Gasteiger partial charge on any atom is 0.307 e. The Hall–Kier alpha value is -2.16. The summed E-state index contributed by atoms with van der Waals surface area (Å²) in [5, 5.41) is 17.4. The van der Waals surface area contributed by atoms with E-state index in [1.807, 2.05) is 25.7 Å². The van der Waals surface area contributed by atoms with Crippen LogP contribution in [0.4, 0.5) is 5.82 Å². The van der Waals surface area contributed by atoms with Gasteiger partial charge in [-0.3, -0.25) is 4.79 Å². The van der Waals surface area contributed by atoms with Gasteiger partial charge in [0.25, 0.3) is 0 Å². The van der Waals surface area contributed by atoms with Gasteiger partial charge in [0.05, 0.1) is 19.2 Å². The lowest BCUT2D eigenvalue weighted by Gasteiger charge is -2.22. The van der Waals surface area contributed by atoms with E-state index < -0.39 is 0 Å². The Morgan fingerprint density at radius 3 is 2.63 bits per heavy atom. The topological polar surface area (TPSA) is 79.1 Å². The Kier molecular flexibility index (Phi) is 5.24. The third kappa shape index (κ3) is 3.41. The summed E-state index contributed by atoms with van der Waals surface area (Å²) in [6.07, 6.45) is 0.254. The van der Waals surface area contributed by atoms with Crippen molar-refractivity contribution in [3.8, 4) is 6.07 Å². The molecule has 1 rings (SSSR count). The average Bonchev–Trinajstić information content (AvgIpc) is 2.42. The van der Waals surface area contributed by atoms with E-state index in [-0.39, 0.29) is 12.4 Å². The number of hydrogen-bond acceptors (Lipinski definition) is 6. The maximum absolute atomic E-state index is 11.2. The molecule has 0 N–H and O–H groups in total. The Bertz CT molecular complexity index is 508. The molecule has 0 aliphatic heterocycles. The van der Waals surface area contributed by atoms with E-state index >= 15 is 0 Å². The SMILES string of the molecule is CCN(CCC(=O)OC)c1nnc(C)c(C)c1C#N. The summed E-state index contributed by atoms with van der Waals surface area (Å²) in [5.74, 6) is 0.241. The largest absolute Gasteiger partial charge is 0.469 e. The number of rotatable bonds is 5. The number of carbonyl (C=O) groups excluding carboxylic acids is 1. The van der Waals surface area contributed by atoms with Gasteiger partial charge in [0.2, 0.25) is 0 Å². The van der Waals surface area contributed by atoms with Gasteiger partial charge in [0.1, 0.15) is 11.6 Å². The van der Waals surface area contributed by atoms with E-state index in [0.717, 1.165) is 11.3 Å². The second kappa shape index (κ2) is 6.69. The zero-order valence-electron chi connectivity index (χ0n) is 11.7. The van der Waals surface area contributed by atoms with Gasteiger partial charge >= 0.3 is 5.97 Å². The summed E-state index contributed by atoms with van der Waals surface area (Å²) in [7, 11) is 1.36. The Morgan fingerprint density at radius 2 is 2.11 bits per heavy atom. The molecule has 0 bridgehead atoms. The van der Waals surface area contributed by atoms with Crippen LogP contribution in [0.25, 0.3) is 0 Å². The van der Waals surface area contributed by atoms with Gasteiger partial charge in [-0.25, -0.2) is 0 Å². The minimum absolute atomic E-state index is 0.254.